The zero-order chi connectivity index (χ0) is 18.6. The van der Waals surface area contributed by atoms with E-state index in [9.17, 15) is 14.7 Å². The third-order valence-corrected chi connectivity index (χ3v) is 3.83. The predicted octanol–water partition coefficient (Wildman–Crippen LogP) is 3.89. The fourth-order valence-corrected chi connectivity index (χ4v) is 2.25. The summed E-state index contributed by atoms with van der Waals surface area (Å²) in [6.45, 7) is 1.39. The number of aromatic hydroxyl groups is 1. The molecule has 8 heteroatoms. The lowest BCUT2D eigenvalue weighted by atomic mass is 10.2. The molecule has 0 radical (unpaired) electrons. The highest BCUT2D eigenvalue weighted by Crippen LogP contribution is 2.26. The first-order valence-electron chi connectivity index (χ1n) is 7.15. The van der Waals surface area contributed by atoms with Gasteiger partial charge >= 0.3 is 5.97 Å². The van der Waals surface area contributed by atoms with Crippen molar-refractivity contribution in [3.63, 3.8) is 0 Å². The number of ether oxygens (including phenoxy) is 2. The molecule has 0 aliphatic carbocycles. The summed E-state index contributed by atoms with van der Waals surface area (Å²) in [7, 11) is 1.42. The predicted molar refractivity (Wildman–Crippen MR) is 94.6 cm³/mol. The molecular weight excluding hydrogens is 369 g/mol. The van der Waals surface area contributed by atoms with Crippen molar-refractivity contribution in [2.45, 2.75) is 13.0 Å². The van der Waals surface area contributed by atoms with Crippen LogP contribution in [0.25, 0.3) is 0 Å². The first-order chi connectivity index (χ1) is 11.8. The van der Waals surface area contributed by atoms with E-state index in [1.807, 2.05) is 0 Å². The van der Waals surface area contributed by atoms with E-state index in [0.717, 1.165) is 0 Å². The van der Waals surface area contributed by atoms with Gasteiger partial charge in [0.25, 0.3) is 5.91 Å². The Kier molecular flexibility index (Phi) is 6.12. The number of carbonyl (C=O) groups excluding carboxylic acids is 2. The molecule has 2 aromatic rings. The molecule has 25 heavy (non-hydrogen) atoms. The van der Waals surface area contributed by atoms with Crippen molar-refractivity contribution in [2.24, 2.45) is 0 Å². The van der Waals surface area contributed by atoms with E-state index in [4.69, 9.17) is 32.7 Å². The lowest BCUT2D eigenvalue weighted by Crippen LogP contribution is -2.30. The maximum absolute atomic E-state index is 12.2. The molecule has 0 aromatic heterocycles. The minimum Gasteiger partial charge on any atom is -0.507 e. The van der Waals surface area contributed by atoms with E-state index in [1.165, 1.54) is 44.4 Å². The SMILES string of the molecule is COc1ccc(O)c(C(=O)OC(C)C(=O)Nc2cc(Cl)ccc2Cl)c1. The second-order valence-corrected chi connectivity index (χ2v) is 5.89. The van der Waals surface area contributed by atoms with Crippen LogP contribution in [0, 0.1) is 0 Å². The fourth-order valence-electron chi connectivity index (χ4n) is 1.91. The largest absolute Gasteiger partial charge is 0.507 e. The van der Waals surface area contributed by atoms with Gasteiger partial charge in [0, 0.05) is 5.02 Å². The van der Waals surface area contributed by atoms with Gasteiger partial charge in [-0.3, -0.25) is 4.79 Å². The zero-order valence-electron chi connectivity index (χ0n) is 13.4. The van der Waals surface area contributed by atoms with Gasteiger partial charge in [-0.25, -0.2) is 4.79 Å². The van der Waals surface area contributed by atoms with Crippen molar-refractivity contribution in [3.8, 4) is 11.5 Å². The third kappa shape index (κ3) is 4.78. The minimum atomic E-state index is -1.13. The monoisotopic (exact) mass is 383 g/mol. The van der Waals surface area contributed by atoms with Crippen molar-refractivity contribution in [2.75, 3.05) is 12.4 Å². The maximum atomic E-state index is 12.2. The molecule has 6 nitrogen and oxygen atoms in total. The molecule has 0 saturated carbocycles. The van der Waals surface area contributed by atoms with Crippen LogP contribution in [0.1, 0.15) is 17.3 Å². The van der Waals surface area contributed by atoms with E-state index in [-0.39, 0.29) is 11.3 Å². The first kappa shape index (κ1) is 18.9. The molecule has 2 aromatic carbocycles. The number of phenols is 1. The lowest BCUT2D eigenvalue weighted by molar-refractivity contribution is -0.123. The van der Waals surface area contributed by atoms with Crippen LogP contribution in [-0.4, -0.2) is 30.2 Å². The van der Waals surface area contributed by atoms with Crippen molar-refractivity contribution in [1.29, 1.82) is 0 Å². The summed E-state index contributed by atoms with van der Waals surface area (Å²) in [5, 5.41) is 13.0. The quantitative estimate of drug-likeness (QED) is 0.764. The van der Waals surface area contributed by atoms with Crippen LogP contribution >= 0.6 is 23.2 Å². The van der Waals surface area contributed by atoms with Crippen LogP contribution in [0.15, 0.2) is 36.4 Å². The number of amides is 1. The number of hydrogen-bond acceptors (Lipinski definition) is 5. The summed E-state index contributed by atoms with van der Waals surface area (Å²) in [6.07, 6.45) is -1.13. The van der Waals surface area contributed by atoms with Gasteiger partial charge in [0.05, 0.1) is 17.8 Å². The highest BCUT2D eigenvalue weighted by molar-refractivity contribution is 6.35. The van der Waals surface area contributed by atoms with Gasteiger partial charge in [0.2, 0.25) is 0 Å². The number of rotatable bonds is 5. The van der Waals surface area contributed by atoms with E-state index in [0.29, 0.717) is 21.5 Å². The molecule has 2 N–H and O–H groups in total. The average molecular weight is 384 g/mol. The zero-order valence-corrected chi connectivity index (χ0v) is 14.9. The van der Waals surface area contributed by atoms with Crippen molar-refractivity contribution < 1.29 is 24.2 Å². The molecule has 0 spiro atoms. The van der Waals surface area contributed by atoms with Crippen molar-refractivity contribution >= 4 is 40.8 Å². The molecule has 0 heterocycles. The summed E-state index contributed by atoms with van der Waals surface area (Å²) in [6, 6.07) is 8.69. The van der Waals surface area contributed by atoms with Crippen LogP contribution in [0.5, 0.6) is 11.5 Å². The number of carbonyl (C=O) groups is 2. The van der Waals surface area contributed by atoms with E-state index in [1.54, 1.807) is 6.07 Å². The fraction of sp³-hybridized carbons (Fsp3) is 0.176. The van der Waals surface area contributed by atoms with E-state index in [2.05, 4.69) is 5.32 Å². The Morgan fingerprint density at radius 2 is 1.88 bits per heavy atom. The lowest BCUT2D eigenvalue weighted by Gasteiger charge is -2.15. The van der Waals surface area contributed by atoms with E-state index >= 15 is 0 Å². The number of halogens is 2. The van der Waals surface area contributed by atoms with Crippen LogP contribution in [-0.2, 0) is 9.53 Å². The Hall–Kier alpha value is -2.44. The average Bonchev–Trinajstić information content (AvgIpc) is 2.58. The van der Waals surface area contributed by atoms with Gasteiger partial charge in [-0.1, -0.05) is 23.2 Å². The Morgan fingerprint density at radius 1 is 1.16 bits per heavy atom. The summed E-state index contributed by atoms with van der Waals surface area (Å²) >= 11 is 11.8. The molecule has 0 saturated heterocycles. The first-order valence-corrected chi connectivity index (χ1v) is 7.91. The van der Waals surface area contributed by atoms with Crippen molar-refractivity contribution in [1.82, 2.24) is 0 Å². The van der Waals surface area contributed by atoms with Gasteiger partial charge in [-0.05, 0) is 43.3 Å². The third-order valence-electron chi connectivity index (χ3n) is 3.26. The second kappa shape index (κ2) is 8.09. The summed E-state index contributed by atoms with van der Waals surface area (Å²) in [5.41, 5.74) is 0.186. The molecule has 1 atom stereocenters. The van der Waals surface area contributed by atoms with Crippen LogP contribution < -0.4 is 10.1 Å². The van der Waals surface area contributed by atoms with Crippen LogP contribution in [0.4, 0.5) is 5.69 Å². The normalized spacial score (nSPS) is 11.5. The topological polar surface area (TPSA) is 84.9 Å². The van der Waals surface area contributed by atoms with Gasteiger partial charge < -0.3 is 19.9 Å². The molecule has 0 fully saturated rings. The van der Waals surface area contributed by atoms with Gasteiger partial charge in [-0.2, -0.15) is 0 Å². The molecule has 0 aliphatic heterocycles. The maximum Gasteiger partial charge on any atom is 0.342 e. The number of hydrogen-bond donors (Lipinski definition) is 2. The number of anilines is 1. The van der Waals surface area contributed by atoms with Gasteiger partial charge in [0.15, 0.2) is 6.10 Å². The number of methoxy groups -OCH3 is 1. The Balaban J connectivity index is 2.08. The Morgan fingerprint density at radius 3 is 2.56 bits per heavy atom. The molecule has 132 valence electrons. The number of phenolic OH excluding ortho intramolecular Hbond substituents is 1. The van der Waals surface area contributed by atoms with Crippen LogP contribution in [0.2, 0.25) is 10.0 Å². The number of esters is 1. The standard InChI is InChI=1S/C17H15Cl2NO5/c1-9(16(22)20-14-7-10(18)3-5-13(14)19)25-17(23)12-8-11(24-2)4-6-15(12)21/h3-9,21H,1-2H3,(H,20,22). The van der Waals surface area contributed by atoms with E-state index < -0.39 is 18.0 Å². The Bertz CT molecular complexity index is 810. The highest BCUT2D eigenvalue weighted by atomic mass is 35.5. The summed E-state index contributed by atoms with van der Waals surface area (Å²) in [4.78, 5) is 24.3. The summed E-state index contributed by atoms with van der Waals surface area (Å²) in [5.74, 6) is -1.37. The molecular formula is C17H15Cl2NO5. The van der Waals surface area contributed by atoms with Gasteiger partial charge in [-0.15, -0.1) is 0 Å². The molecule has 0 aliphatic rings. The molecule has 1 unspecified atom stereocenters. The second-order valence-electron chi connectivity index (χ2n) is 5.04. The Labute approximate surface area is 154 Å². The van der Waals surface area contributed by atoms with Crippen molar-refractivity contribution in [3.05, 3.63) is 52.0 Å². The molecule has 1 amide bonds. The van der Waals surface area contributed by atoms with Gasteiger partial charge in [0.1, 0.15) is 17.1 Å². The molecule has 2 rings (SSSR count). The minimum absolute atomic E-state index is 0.111. The van der Waals surface area contributed by atoms with Crippen LogP contribution in [0.3, 0.4) is 0 Å². The number of benzene rings is 2. The summed E-state index contributed by atoms with van der Waals surface area (Å²) < 4.78 is 10.1. The highest BCUT2D eigenvalue weighted by Gasteiger charge is 2.22. The smallest absolute Gasteiger partial charge is 0.342 e. The molecule has 0 bridgehead atoms. The number of nitrogens with one attached hydrogen (secondary N) is 1.